The van der Waals surface area contributed by atoms with Gasteiger partial charge >= 0.3 is 0 Å². The second kappa shape index (κ2) is 7.43. The largest absolute Gasteiger partial charge is 0.392 e. The molecule has 1 aromatic heterocycles. The minimum absolute atomic E-state index is 0.479. The lowest BCUT2D eigenvalue weighted by Gasteiger charge is -2.13. The van der Waals surface area contributed by atoms with Gasteiger partial charge in [-0.05, 0) is 31.4 Å². The molecule has 114 valence electrons. The molecule has 0 amide bonds. The summed E-state index contributed by atoms with van der Waals surface area (Å²) in [6.45, 7) is 4.83. The Kier molecular flexibility index (Phi) is 5.85. The van der Waals surface area contributed by atoms with Crippen LogP contribution in [-0.2, 0) is 25.8 Å². The number of aromatic nitrogens is 2. The van der Waals surface area contributed by atoms with Crippen LogP contribution in [-0.4, -0.2) is 21.0 Å². The first-order valence-electron chi connectivity index (χ1n) is 7.22. The third-order valence-corrected chi connectivity index (χ3v) is 4.75. The van der Waals surface area contributed by atoms with Gasteiger partial charge in [-0.25, -0.2) is 0 Å². The Hall–Kier alpha value is -0.840. The van der Waals surface area contributed by atoms with E-state index in [1.165, 1.54) is 0 Å². The summed E-state index contributed by atoms with van der Waals surface area (Å²) in [7, 11) is 0. The molecule has 0 bridgehead atoms. The molecule has 0 spiro atoms. The molecule has 0 radical (unpaired) electrons. The van der Waals surface area contributed by atoms with Crippen LogP contribution in [0, 0.1) is 0 Å². The molecule has 5 heteroatoms. The average molecular weight is 372 g/mol. The first-order valence-corrected chi connectivity index (χ1v) is 8.39. The van der Waals surface area contributed by atoms with Gasteiger partial charge in [0.25, 0.3) is 0 Å². The third-order valence-electron chi connectivity index (χ3n) is 3.54. The minimum atomic E-state index is -0.479. The molecule has 2 rings (SSSR count). The fraction of sp³-hybridized carbons (Fsp3) is 0.438. The van der Waals surface area contributed by atoms with Crippen molar-refractivity contribution in [2.75, 3.05) is 0 Å². The maximum absolute atomic E-state index is 10.4. The van der Waals surface area contributed by atoms with Crippen molar-refractivity contribution in [3.05, 3.63) is 50.7 Å². The molecule has 0 saturated carbocycles. The van der Waals surface area contributed by atoms with E-state index in [1.807, 2.05) is 42.8 Å². The van der Waals surface area contributed by atoms with Gasteiger partial charge in [0, 0.05) is 17.4 Å². The SMILES string of the molecule is CCc1nn(CC)c(CC(O)Cc2ccccc2Br)c1Cl. The van der Waals surface area contributed by atoms with Gasteiger partial charge in [0.1, 0.15) is 0 Å². The molecule has 0 saturated heterocycles. The van der Waals surface area contributed by atoms with Crippen LogP contribution in [0.25, 0.3) is 0 Å². The van der Waals surface area contributed by atoms with Crippen molar-refractivity contribution >= 4 is 27.5 Å². The lowest BCUT2D eigenvalue weighted by atomic mass is 10.0. The second-order valence-electron chi connectivity index (χ2n) is 5.03. The molecule has 3 nitrogen and oxygen atoms in total. The van der Waals surface area contributed by atoms with E-state index in [4.69, 9.17) is 11.6 Å². The number of aliphatic hydroxyl groups excluding tert-OH is 1. The highest BCUT2D eigenvalue weighted by Crippen LogP contribution is 2.24. The molecule has 21 heavy (non-hydrogen) atoms. The van der Waals surface area contributed by atoms with E-state index in [0.717, 1.165) is 34.4 Å². The van der Waals surface area contributed by atoms with Gasteiger partial charge in [0.05, 0.1) is 22.5 Å². The molecule has 2 aromatic rings. The van der Waals surface area contributed by atoms with E-state index >= 15 is 0 Å². The number of aryl methyl sites for hydroxylation is 2. The number of rotatable bonds is 6. The maximum atomic E-state index is 10.4. The summed E-state index contributed by atoms with van der Waals surface area (Å²) in [5.41, 5.74) is 2.93. The molecule has 1 unspecified atom stereocenters. The first-order chi connectivity index (χ1) is 10.1. The summed E-state index contributed by atoms with van der Waals surface area (Å²) in [6.07, 6.45) is 1.43. The van der Waals surface area contributed by atoms with Gasteiger partial charge in [0.2, 0.25) is 0 Å². The van der Waals surface area contributed by atoms with E-state index in [-0.39, 0.29) is 0 Å². The van der Waals surface area contributed by atoms with Crippen molar-refractivity contribution in [2.45, 2.75) is 45.8 Å². The fourth-order valence-corrected chi connectivity index (χ4v) is 3.22. The van der Waals surface area contributed by atoms with Crippen LogP contribution in [0.4, 0.5) is 0 Å². The number of nitrogens with zero attached hydrogens (tertiary/aromatic N) is 2. The number of aliphatic hydroxyl groups is 1. The van der Waals surface area contributed by atoms with Crippen LogP contribution in [0.1, 0.15) is 30.8 Å². The lowest BCUT2D eigenvalue weighted by Crippen LogP contribution is -2.17. The van der Waals surface area contributed by atoms with Crippen molar-refractivity contribution in [2.24, 2.45) is 0 Å². The highest BCUT2D eigenvalue weighted by atomic mass is 79.9. The Morgan fingerprint density at radius 3 is 2.62 bits per heavy atom. The quantitative estimate of drug-likeness (QED) is 0.832. The van der Waals surface area contributed by atoms with Gasteiger partial charge in [-0.1, -0.05) is 52.7 Å². The fourth-order valence-electron chi connectivity index (χ4n) is 2.43. The van der Waals surface area contributed by atoms with Crippen molar-refractivity contribution in [1.82, 2.24) is 9.78 Å². The monoisotopic (exact) mass is 370 g/mol. The summed E-state index contributed by atoms with van der Waals surface area (Å²) in [4.78, 5) is 0. The molecule has 0 aliphatic heterocycles. The third kappa shape index (κ3) is 3.87. The highest BCUT2D eigenvalue weighted by Gasteiger charge is 2.18. The number of benzene rings is 1. The zero-order valence-corrected chi connectivity index (χ0v) is 14.7. The molecule has 1 atom stereocenters. The number of hydrogen-bond donors (Lipinski definition) is 1. The van der Waals surface area contributed by atoms with Gasteiger partial charge in [-0.2, -0.15) is 5.10 Å². The lowest BCUT2D eigenvalue weighted by molar-refractivity contribution is 0.172. The number of hydrogen-bond acceptors (Lipinski definition) is 2. The van der Waals surface area contributed by atoms with Crippen molar-refractivity contribution in [1.29, 1.82) is 0 Å². The van der Waals surface area contributed by atoms with Crippen LogP contribution < -0.4 is 0 Å². The van der Waals surface area contributed by atoms with Gasteiger partial charge in [-0.15, -0.1) is 0 Å². The summed E-state index contributed by atoms with van der Waals surface area (Å²) in [5, 5.41) is 15.6. The highest BCUT2D eigenvalue weighted by molar-refractivity contribution is 9.10. The summed E-state index contributed by atoms with van der Waals surface area (Å²) >= 11 is 9.90. The summed E-state index contributed by atoms with van der Waals surface area (Å²) < 4.78 is 2.91. The van der Waals surface area contributed by atoms with Crippen molar-refractivity contribution in [3.8, 4) is 0 Å². The van der Waals surface area contributed by atoms with E-state index in [0.29, 0.717) is 17.9 Å². The van der Waals surface area contributed by atoms with Crippen LogP contribution in [0.5, 0.6) is 0 Å². The van der Waals surface area contributed by atoms with Gasteiger partial charge in [0.15, 0.2) is 0 Å². The second-order valence-corrected chi connectivity index (χ2v) is 6.26. The molecule has 0 fully saturated rings. The van der Waals surface area contributed by atoms with Crippen LogP contribution in [0.2, 0.25) is 5.02 Å². The molecule has 0 aliphatic carbocycles. The molecular weight excluding hydrogens is 352 g/mol. The van der Waals surface area contributed by atoms with Crippen LogP contribution in [0.3, 0.4) is 0 Å². The summed E-state index contributed by atoms with van der Waals surface area (Å²) in [6, 6.07) is 7.95. The Morgan fingerprint density at radius 2 is 2.00 bits per heavy atom. The smallest absolute Gasteiger partial charge is 0.0850 e. The molecule has 1 aromatic carbocycles. The Morgan fingerprint density at radius 1 is 1.29 bits per heavy atom. The van der Waals surface area contributed by atoms with Crippen molar-refractivity contribution in [3.63, 3.8) is 0 Å². The Bertz CT molecular complexity index is 612. The summed E-state index contributed by atoms with van der Waals surface area (Å²) in [5.74, 6) is 0. The van der Waals surface area contributed by atoms with E-state index in [2.05, 4.69) is 21.0 Å². The van der Waals surface area contributed by atoms with E-state index in [9.17, 15) is 5.11 Å². The zero-order valence-electron chi connectivity index (χ0n) is 12.3. The first kappa shape index (κ1) is 16.5. The minimum Gasteiger partial charge on any atom is -0.392 e. The maximum Gasteiger partial charge on any atom is 0.0850 e. The predicted octanol–water partition coefficient (Wildman–Crippen LogP) is 4.03. The van der Waals surface area contributed by atoms with E-state index < -0.39 is 6.10 Å². The molecule has 0 aliphatic rings. The standard InChI is InChI=1S/C16H20BrClN2O/c1-3-14-16(18)15(20(4-2)19-14)10-12(21)9-11-7-5-6-8-13(11)17/h5-8,12,21H,3-4,9-10H2,1-2H3. The molecule has 1 heterocycles. The topological polar surface area (TPSA) is 38.0 Å². The van der Waals surface area contributed by atoms with E-state index in [1.54, 1.807) is 0 Å². The van der Waals surface area contributed by atoms with Gasteiger partial charge < -0.3 is 5.11 Å². The van der Waals surface area contributed by atoms with Crippen LogP contribution >= 0.6 is 27.5 Å². The van der Waals surface area contributed by atoms with Gasteiger partial charge in [-0.3, -0.25) is 4.68 Å². The normalized spacial score (nSPS) is 12.6. The predicted molar refractivity (Wildman–Crippen MR) is 89.8 cm³/mol. The average Bonchev–Trinajstić information content (AvgIpc) is 2.77. The van der Waals surface area contributed by atoms with Crippen molar-refractivity contribution < 1.29 is 5.11 Å². The Balaban J connectivity index is 2.14. The Labute approximate surface area is 139 Å². The number of halogens is 2. The zero-order chi connectivity index (χ0) is 15.4. The van der Waals surface area contributed by atoms with Crippen LogP contribution in [0.15, 0.2) is 28.7 Å². The molecule has 1 N–H and O–H groups in total. The molecular formula is C16H20BrClN2O.